The van der Waals surface area contributed by atoms with Gasteiger partial charge in [0.25, 0.3) is 0 Å². The van der Waals surface area contributed by atoms with Crippen LogP contribution < -0.4 is 14.8 Å². The Morgan fingerprint density at radius 1 is 1.09 bits per heavy atom. The van der Waals surface area contributed by atoms with Crippen LogP contribution in [0.1, 0.15) is 11.1 Å². The van der Waals surface area contributed by atoms with Crippen molar-refractivity contribution >= 4 is 29.1 Å². The van der Waals surface area contributed by atoms with Gasteiger partial charge in [-0.25, -0.2) is 0 Å². The predicted molar refractivity (Wildman–Crippen MR) is 89.4 cm³/mol. The number of carbonyl (C=O) groups is 1. The summed E-state index contributed by atoms with van der Waals surface area (Å²) >= 11 is 12.2. The Labute approximate surface area is 144 Å². The van der Waals surface area contributed by atoms with Gasteiger partial charge in [-0.15, -0.1) is 0 Å². The summed E-state index contributed by atoms with van der Waals surface area (Å²) in [5.41, 5.74) is 1.65. The van der Waals surface area contributed by atoms with E-state index in [1.165, 1.54) is 0 Å². The van der Waals surface area contributed by atoms with Crippen molar-refractivity contribution in [1.82, 2.24) is 5.32 Å². The molecule has 1 amide bonds. The van der Waals surface area contributed by atoms with E-state index in [1.807, 2.05) is 24.3 Å². The maximum Gasteiger partial charge on any atom is 0.224 e. The average Bonchev–Trinajstić information content (AvgIpc) is 2.55. The number of amides is 1. The molecule has 0 aromatic heterocycles. The highest BCUT2D eigenvalue weighted by Crippen LogP contribution is 2.38. The van der Waals surface area contributed by atoms with Crippen molar-refractivity contribution in [3.05, 3.63) is 57.6 Å². The second-order valence-corrected chi connectivity index (χ2v) is 5.96. The molecule has 0 atom stereocenters. The topological polar surface area (TPSA) is 47.6 Å². The summed E-state index contributed by atoms with van der Waals surface area (Å²) < 4.78 is 11.0. The highest BCUT2D eigenvalue weighted by atomic mass is 35.5. The van der Waals surface area contributed by atoms with Gasteiger partial charge in [-0.1, -0.05) is 41.4 Å². The SMILES string of the molecule is O=C(Cc1ccccc1Cl)NCc1cc(Cl)c2c(c1)OCCO2. The van der Waals surface area contributed by atoms with E-state index in [0.29, 0.717) is 41.3 Å². The van der Waals surface area contributed by atoms with E-state index >= 15 is 0 Å². The number of benzene rings is 2. The molecule has 1 aliphatic heterocycles. The first kappa shape index (κ1) is 16.0. The lowest BCUT2D eigenvalue weighted by atomic mass is 10.1. The molecule has 0 unspecified atom stereocenters. The van der Waals surface area contributed by atoms with Crippen molar-refractivity contribution in [3.63, 3.8) is 0 Å². The van der Waals surface area contributed by atoms with Gasteiger partial charge in [-0.05, 0) is 29.3 Å². The monoisotopic (exact) mass is 351 g/mol. The van der Waals surface area contributed by atoms with Gasteiger partial charge < -0.3 is 14.8 Å². The molecule has 0 saturated carbocycles. The summed E-state index contributed by atoms with van der Waals surface area (Å²) in [7, 11) is 0. The molecule has 23 heavy (non-hydrogen) atoms. The van der Waals surface area contributed by atoms with Crippen LogP contribution in [-0.4, -0.2) is 19.1 Å². The molecule has 120 valence electrons. The van der Waals surface area contributed by atoms with Crippen LogP contribution in [0.4, 0.5) is 0 Å². The Balaban J connectivity index is 1.63. The normalized spacial score (nSPS) is 12.8. The largest absolute Gasteiger partial charge is 0.486 e. The minimum atomic E-state index is -0.107. The first-order valence-electron chi connectivity index (χ1n) is 7.21. The molecule has 0 bridgehead atoms. The standard InChI is InChI=1S/C17H15Cl2NO3/c18-13-4-2-1-3-12(13)9-16(21)20-10-11-7-14(19)17-15(8-11)22-5-6-23-17/h1-4,7-8H,5-6,9-10H2,(H,20,21). The Kier molecular flexibility index (Phi) is 4.94. The van der Waals surface area contributed by atoms with Gasteiger partial charge >= 0.3 is 0 Å². The number of halogens is 2. The van der Waals surface area contributed by atoms with Crippen LogP contribution in [0.2, 0.25) is 10.0 Å². The molecule has 1 aliphatic rings. The van der Waals surface area contributed by atoms with Crippen LogP contribution in [0.3, 0.4) is 0 Å². The zero-order valence-electron chi connectivity index (χ0n) is 12.3. The van der Waals surface area contributed by atoms with Crippen molar-refractivity contribution in [2.45, 2.75) is 13.0 Å². The predicted octanol–water partition coefficient (Wildman–Crippen LogP) is 3.62. The average molecular weight is 352 g/mol. The molecule has 2 aromatic rings. The Hall–Kier alpha value is -1.91. The molecule has 0 spiro atoms. The number of hydrogen-bond acceptors (Lipinski definition) is 3. The van der Waals surface area contributed by atoms with Crippen LogP contribution in [-0.2, 0) is 17.8 Å². The second kappa shape index (κ2) is 7.11. The summed E-state index contributed by atoms with van der Waals surface area (Å²) in [5, 5.41) is 3.93. The lowest BCUT2D eigenvalue weighted by Gasteiger charge is -2.20. The molecule has 0 radical (unpaired) electrons. The van der Waals surface area contributed by atoms with Crippen LogP contribution in [0.15, 0.2) is 36.4 Å². The highest BCUT2D eigenvalue weighted by Gasteiger charge is 2.17. The van der Waals surface area contributed by atoms with Gasteiger partial charge in [-0.2, -0.15) is 0 Å². The second-order valence-electron chi connectivity index (χ2n) is 5.15. The number of fused-ring (bicyclic) bond motifs is 1. The van der Waals surface area contributed by atoms with Crippen LogP contribution >= 0.6 is 23.2 Å². The quantitative estimate of drug-likeness (QED) is 0.914. The minimum Gasteiger partial charge on any atom is -0.486 e. The van der Waals surface area contributed by atoms with Crippen LogP contribution in [0.25, 0.3) is 0 Å². The van der Waals surface area contributed by atoms with E-state index in [4.69, 9.17) is 32.7 Å². The van der Waals surface area contributed by atoms with E-state index in [0.717, 1.165) is 11.1 Å². The van der Waals surface area contributed by atoms with Gasteiger partial charge in [-0.3, -0.25) is 4.79 Å². The summed E-state index contributed by atoms with van der Waals surface area (Å²) in [6.45, 7) is 1.34. The van der Waals surface area contributed by atoms with E-state index in [9.17, 15) is 4.79 Å². The summed E-state index contributed by atoms with van der Waals surface area (Å²) in [4.78, 5) is 12.1. The van der Waals surface area contributed by atoms with Crippen molar-refractivity contribution in [1.29, 1.82) is 0 Å². The molecule has 1 heterocycles. The van der Waals surface area contributed by atoms with Gasteiger partial charge in [0.15, 0.2) is 11.5 Å². The van der Waals surface area contributed by atoms with Crippen LogP contribution in [0.5, 0.6) is 11.5 Å². The third kappa shape index (κ3) is 3.89. The molecule has 4 nitrogen and oxygen atoms in total. The van der Waals surface area contributed by atoms with E-state index in [2.05, 4.69) is 5.32 Å². The van der Waals surface area contributed by atoms with Crippen LogP contribution in [0, 0.1) is 0 Å². The number of hydrogen-bond donors (Lipinski definition) is 1. The third-order valence-electron chi connectivity index (χ3n) is 3.46. The molecule has 0 saturated heterocycles. The number of carbonyl (C=O) groups excluding carboxylic acids is 1. The number of ether oxygens (including phenoxy) is 2. The fourth-order valence-electron chi connectivity index (χ4n) is 2.34. The zero-order valence-corrected chi connectivity index (χ0v) is 13.8. The molecule has 2 aromatic carbocycles. The fourth-order valence-corrected chi connectivity index (χ4v) is 2.83. The molecule has 1 N–H and O–H groups in total. The van der Waals surface area contributed by atoms with Gasteiger partial charge in [0.1, 0.15) is 13.2 Å². The Morgan fingerprint density at radius 3 is 2.70 bits per heavy atom. The fraction of sp³-hybridized carbons (Fsp3) is 0.235. The molecular formula is C17H15Cl2NO3. The van der Waals surface area contributed by atoms with E-state index in [-0.39, 0.29) is 12.3 Å². The maximum absolute atomic E-state index is 12.1. The van der Waals surface area contributed by atoms with Gasteiger partial charge in [0, 0.05) is 11.6 Å². The molecule has 0 aliphatic carbocycles. The smallest absolute Gasteiger partial charge is 0.224 e. The van der Waals surface area contributed by atoms with Gasteiger partial charge in [0.2, 0.25) is 5.91 Å². The first-order chi connectivity index (χ1) is 11.1. The number of rotatable bonds is 4. The molecular weight excluding hydrogens is 337 g/mol. The number of nitrogens with one attached hydrogen (secondary N) is 1. The maximum atomic E-state index is 12.1. The highest BCUT2D eigenvalue weighted by molar-refractivity contribution is 6.32. The lowest BCUT2D eigenvalue weighted by Crippen LogP contribution is -2.25. The molecule has 3 rings (SSSR count). The Morgan fingerprint density at radius 2 is 1.87 bits per heavy atom. The Bertz CT molecular complexity index is 734. The summed E-state index contributed by atoms with van der Waals surface area (Å²) in [6, 6.07) is 10.9. The minimum absolute atomic E-state index is 0.107. The van der Waals surface area contributed by atoms with E-state index in [1.54, 1.807) is 12.1 Å². The first-order valence-corrected chi connectivity index (χ1v) is 7.97. The van der Waals surface area contributed by atoms with E-state index < -0.39 is 0 Å². The molecule has 6 heteroatoms. The molecule has 0 fully saturated rings. The van der Waals surface area contributed by atoms with Crippen molar-refractivity contribution in [2.75, 3.05) is 13.2 Å². The summed E-state index contributed by atoms with van der Waals surface area (Å²) in [6.07, 6.45) is 0.234. The van der Waals surface area contributed by atoms with Gasteiger partial charge in [0.05, 0.1) is 11.4 Å². The van der Waals surface area contributed by atoms with Crippen molar-refractivity contribution in [3.8, 4) is 11.5 Å². The third-order valence-corrected chi connectivity index (χ3v) is 4.10. The van der Waals surface area contributed by atoms with Crippen molar-refractivity contribution in [2.24, 2.45) is 0 Å². The van der Waals surface area contributed by atoms with Crippen molar-refractivity contribution < 1.29 is 14.3 Å². The lowest BCUT2D eigenvalue weighted by molar-refractivity contribution is -0.120. The summed E-state index contributed by atoms with van der Waals surface area (Å²) in [5.74, 6) is 1.06. The zero-order chi connectivity index (χ0) is 16.2.